The first-order valence-electron chi connectivity index (χ1n) is 9.79. The standard InChI is InChI=1S/C22H29FN2O4S/c1-17(2)15-22(26)25(14-13-24(3)4)16-18-7-5-6-8-21(18)29-30(27,28)20-11-9-19(23)10-12-20/h5-12,17H,13-16H2,1-4H3. The molecule has 0 aromatic heterocycles. The van der Waals surface area contributed by atoms with Crippen LogP contribution in [0.15, 0.2) is 53.4 Å². The number of para-hydroxylation sites is 1. The molecule has 0 aliphatic carbocycles. The van der Waals surface area contributed by atoms with Gasteiger partial charge < -0.3 is 14.0 Å². The van der Waals surface area contributed by atoms with Crippen molar-refractivity contribution in [3.05, 3.63) is 59.9 Å². The minimum atomic E-state index is -4.13. The highest BCUT2D eigenvalue weighted by atomic mass is 32.2. The number of halogens is 1. The van der Waals surface area contributed by atoms with Crippen LogP contribution in [0.3, 0.4) is 0 Å². The zero-order valence-electron chi connectivity index (χ0n) is 17.8. The van der Waals surface area contributed by atoms with Crippen LogP contribution in [-0.4, -0.2) is 51.3 Å². The fraction of sp³-hybridized carbons (Fsp3) is 0.409. The van der Waals surface area contributed by atoms with E-state index in [0.29, 0.717) is 25.1 Å². The number of likely N-dealkylation sites (N-methyl/N-ethyl adjacent to an activating group) is 1. The maximum atomic E-state index is 13.1. The van der Waals surface area contributed by atoms with Crippen LogP contribution in [0.2, 0.25) is 0 Å². The molecule has 2 rings (SSSR count). The van der Waals surface area contributed by atoms with Gasteiger partial charge >= 0.3 is 10.1 Å². The highest BCUT2D eigenvalue weighted by molar-refractivity contribution is 7.87. The van der Waals surface area contributed by atoms with E-state index in [0.717, 1.165) is 24.3 Å². The maximum Gasteiger partial charge on any atom is 0.339 e. The number of amides is 1. The van der Waals surface area contributed by atoms with E-state index in [2.05, 4.69) is 0 Å². The van der Waals surface area contributed by atoms with Crippen LogP contribution < -0.4 is 4.18 Å². The Morgan fingerprint density at radius 2 is 1.67 bits per heavy atom. The van der Waals surface area contributed by atoms with Gasteiger partial charge in [0.05, 0.1) is 0 Å². The summed E-state index contributed by atoms with van der Waals surface area (Å²) in [4.78, 5) is 16.3. The van der Waals surface area contributed by atoms with E-state index in [-0.39, 0.29) is 29.0 Å². The van der Waals surface area contributed by atoms with Crippen LogP contribution in [0.1, 0.15) is 25.8 Å². The lowest BCUT2D eigenvalue weighted by atomic mass is 10.1. The Morgan fingerprint density at radius 3 is 2.27 bits per heavy atom. The van der Waals surface area contributed by atoms with Gasteiger partial charge in [-0.15, -0.1) is 0 Å². The fourth-order valence-corrected chi connectivity index (χ4v) is 3.74. The highest BCUT2D eigenvalue weighted by Gasteiger charge is 2.21. The van der Waals surface area contributed by atoms with E-state index in [1.54, 1.807) is 29.2 Å². The van der Waals surface area contributed by atoms with Crippen molar-refractivity contribution >= 4 is 16.0 Å². The Labute approximate surface area is 178 Å². The Morgan fingerprint density at radius 1 is 1.03 bits per heavy atom. The first-order valence-corrected chi connectivity index (χ1v) is 11.2. The molecular formula is C22H29FN2O4S. The second-order valence-corrected chi connectivity index (χ2v) is 9.36. The predicted molar refractivity (Wildman–Crippen MR) is 114 cm³/mol. The molecule has 0 atom stereocenters. The van der Waals surface area contributed by atoms with Gasteiger partial charge in [-0.05, 0) is 50.3 Å². The molecule has 1 amide bonds. The summed E-state index contributed by atoms with van der Waals surface area (Å²) in [5.41, 5.74) is 0.582. The van der Waals surface area contributed by atoms with Gasteiger partial charge in [-0.2, -0.15) is 8.42 Å². The predicted octanol–water partition coefficient (Wildman–Crippen LogP) is 3.53. The smallest absolute Gasteiger partial charge is 0.339 e. The number of carbonyl (C=O) groups is 1. The van der Waals surface area contributed by atoms with Gasteiger partial charge in [0.15, 0.2) is 0 Å². The molecule has 0 N–H and O–H groups in total. The number of hydrogen-bond donors (Lipinski definition) is 0. The fourth-order valence-electron chi connectivity index (χ4n) is 2.78. The van der Waals surface area contributed by atoms with Gasteiger partial charge in [-0.25, -0.2) is 4.39 Å². The van der Waals surface area contributed by atoms with E-state index >= 15 is 0 Å². The number of rotatable bonds is 10. The molecule has 0 unspecified atom stereocenters. The molecular weight excluding hydrogens is 407 g/mol. The summed E-state index contributed by atoms with van der Waals surface area (Å²) in [6, 6.07) is 11.2. The number of nitrogens with zero attached hydrogens (tertiary/aromatic N) is 2. The molecule has 0 aliphatic rings. The Balaban J connectivity index is 2.26. The molecule has 0 heterocycles. The van der Waals surface area contributed by atoms with Crippen molar-refractivity contribution in [2.75, 3.05) is 27.2 Å². The zero-order chi connectivity index (χ0) is 22.3. The molecule has 0 fully saturated rings. The molecule has 8 heteroatoms. The average Bonchev–Trinajstić information content (AvgIpc) is 2.65. The summed E-state index contributed by atoms with van der Waals surface area (Å²) in [5, 5.41) is 0. The molecule has 0 radical (unpaired) electrons. The summed E-state index contributed by atoms with van der Waals surface area (Å²) in [7, 11) is -0.276. The van der Waals surface area contributed by atoms with Crippen molar-refractivity contribution in [3.8, 4) is 5.75 Å². The minimum absolute atomic E-state index is 0.00282. The monoisotopic (exact) mass is 436 g/mol. The van der Waals surface area contributed by atoms with E-state index < -0.39 is 15.9 Å². The van der Waals surface area contributed by atoms with Gasteiger partial charge in [0.1, 0.15) is 16.5 Å². The lowest BCUT2D eigenvalue weighted by Gasteiger charge is -2.26. The van der Waals surface area contributed by atoms with Crippen LogP contribution in [0.5, 0.6) is 5.75 Å². The molecule has 0 aliphatic heterocycles. The Hall–Kier alpha value is -2.45. The molecule has 2 aromatic carbocycles. The van der Waals surface area contributed by atoms with Crippen LogP contribution >= 0.6 is 0 Å². The number of carbonyl (C=O) groups excluding carboxylic acids is 1. The molecule has 2 aromatic rings. The van der Waals surface area contributed by atoms with Crippen molar-refractivity contribution < 1.29 is 21.8 Å². The third-order valence-electron chi connectivity index (χ3n) is 4.39. The number of hydrogen-bond acceptors (Lipinski definition) is 5. The summed E-state index contributed by atoms with van der Waals surface area (Å²) in [5.74, 6) is -0.170. The third-order valence-corrected chi connectivity index (χ3v) is 5.64. The summed E-state index contributed by atoms with van der Waals surface area (Å²) in [6.07, 6.45) is 0.407. The van der Waals surface area contributed by atoms with Gasteiger partial charge in [0, 0.05) is 31.6 Å². The van der Waals surface area contributed by atoms with E-state index in [1.165, 1.54) is 0 Å². The molecule has 0 bridgehead atoms. The van der Waals surface area contributed by atoms with E-state index in [9.17, 15) is 17.6 Å². The van der Waals surface area contributed by atoms with Crippen molar-refractivity contribution in [2.45, 2.75) is 31.7 Å². The summed E-state index contributed by atoms with van der Waals surface area (Å²) in [6.45, 7) is 5.38. The molecule has 0 spiro atoms. The molecule has 0 saturated heterocycles. The van der Waals surface area contributed by atoms with Crippen molar-refractivity contribution in [2.24, 2.45) is 5.92 Å². The van der Waals surface area contributed by atoms with E-state index in [1.807, 2.05) is 32.8 Å². The van der Waals surface area contributed by atoms with Crippen LogP contribution in [0.4, 0.5) is 4.39 Å². The highest BCUT2D eigenvalue weighted by Crippen LogP contribution is 2.25. The van der Waals surface area contributed by atoms with Crippen molar-refractivity contribution in [1.82, 2.24) is 9.80 Å². The zero-order valence-corrected chi connectivity index (χ0v) is 18.7. The third kappa shape index (κ3) is 7.11. The lowest BCUT2D eigenvalue weighted by Crippen LogP contribution is -2.36. The van der Waals surface area contributed by atoms with Crippen LogP contribution in [0, 0.1) is 11.7 Å². The first kappa shape index (κ1) is 23.8. The van der Waals surface area contributed by atoms with Gasteiger partial charge in [0.25, 0.3) is 0 Å². The Bertz CT molecular complexity index is 944. The molecule has 30 heavy (non-hydrogen) atoms. The second-order valence-electron chi connectivity index (χ2n) is 7.82. The molecule has 0 saturated carbocycles. The van der Waals surface area contributed by atoms with Crippen molar-refractivity contribution in [3.63, 3.8) is 0 Å². The average molecular weight is 437 g/mol. The maximum absolute atomic E-state index is 13.1. The van der Waals surface area contributed by atoms with Crippen molar-refractivity contribution in [1.29, 1.82) is 0 Å². The van der Waals surface area contributed by atoms with Crippen LogP contribution in [-0.2, 0) is 21.5 Å². The first-order chi connectivity index (χ1) is 14.1. The topological polar surface area (TPSA) is 66.9 Å². The summed E-state index contributed by atoms with van der Waals surface area (Å²) >= 11 is 0. The quantitative estimate of drug-likeness (QED) is 0.533. The van der Waals surface area contributed by atoms with Gasteiger partial charge in [-0.1, -0.05) is 32.0 Å². The Kier molecular flexibility index (Phi) is 8.37. The lowest BCUT2D eigenvalue weighted by molar-refractivity contribution is -0.132. The summed E-state index contributed by atoms with van der Waals surface area (Å²) < 4.78 is 43.7. The molecule has 164 valence electrons. The normalized spacial score (nSPS) is 11.7. The van der Waals surface area contributed by atoms with Gasteiger partial charge in [0.2, 0.25) is 5.91 Å². The van der Waals surface area contributed by atoms with E-state index in [4.69, 9.17) is 4.18 Å². The SMILES string of the molecule is CC(C)CC(=O)N(CCN(C)C)Cc1ccccc1OS(=O)(=O)c1ccc(F)cc1. The second kappa shape index (κ2) is 10.5. The van der Waals surface area contributed by atoms with Crippen LogP contribution in [0.25, 0.3) is 0 Å². The van der Waals surface area contributed by atoms with Gasteiger partial charge in [-0.3, -0.25) is 4.79 Å². The molecule has 6 nitrogen and oxygen atoms in total. The largest absolute Gasteiger partial charge is 0.379 e. The minimum Gasteiger partial charge on any atom is -0.379 e. The number of benzene rings is 2.